The van der Waals surface area contributed by atoms with Crippen molar-refractivity contribution in [3.63, 3.8) is 0 Å². The average Bonchev–Trinajstić information content (AvgIpc) is 2.46. The average molecular weight is 261 g/mol. The molecular formula is C16H23NO2. The Labute approximate surface area is 115 Å². The van der Waals surface area contributed by atoms with Gasteiger partial charge in [-0.1, -0.05) is 18.2 Å². The lowest BCUT2D eigenvalue weighted by Gasteiger charge is -2.37. The van der Waals surface area contributed by atoms with Gasteiger partial charge in [0.25, 0.3) is 0 Å². The molecule has 1 saturated heterocycles. The Morgan fingerprint density at radius 2 is 2.00 bits per heavy atom. The molecule has 1 aromatic carbocycles. The van der Waals surface area contributed by atoms with Crippen LogP contribution in [0.3, 0.4) is 0 Å². The highest BCUT2D eigenvalue weighted by molar-refractivity contribution is 5.37. The van der Waals surface area contributed by atoms with Gasteiger partial charge in [-0.05, 0) is 37.8 Å². The van der Waals surface area contributed by atoms with Crippen molar-refractivity contribution in [1.29, 1.82) is 0 Å². The fraction of sp³-hybridized carbons (Fsp3) is 0.625. The number of hydrogen-bond donors (Lipinski definition) is 1. The van der Waals surface area contributed by atoms with E-state index < -0.39 is 0 Å². The van der Waals surface area contributed by atoms with Gasteiger partial charge in [0.2, 0.25) is 0 Å². The molecule has 19 heavy (non-hydrogen) atoms. The Hall–Kier alpha value is -1.06. The largest absolute Gasteiger partial charge is 0.493 e. The summed E-state index contributed by atoms with van der Waals surface area (Å²) in [5.74, 6) is 1.64. The number of fused-ring (bicyclic) bond motifs is 1. The SMILES string of the molecule is CC1(NCC2CCOc3ccccc32)CCOCC1. The number of rotatable bonds is 3. The van der Waals surface area contributed by atoms with E-state index in [-0.39, 0.29) is 5.54 Å². The second kappa shape index (κ2) is 5.51. The fourth-order valence-corrected chi connectivity index (χ4v) is 3.00. The maximum Gasteiger partial charge on any atom is 0.122 e. The van der Waals surface area contributed by atoms with E-state index in [1.54, 1.807) is 0 Å². The number of para-hydroxylation sites is 1. The van der Waals surface area contributed by atoms with Crippen LogP contribution in [0, 0.1) is 0 Å². The molecule has 0 saturated carbocycles. The van der Waals surface area contributed by atoms with Crippen LogP contribution in [0.1, 0.15) is 37.7 Å². The zero-order chi connectivity index (χ0) is 13.1. The first-order chi connectivity index (χ1) is 9.27. The summed E-state index contributed by atoms with van der Waals surface area (Å²) in [5.41, 5.74) is 1.60. The van der Waals surface area contributed by atoms with Crippen LogP contribution in [0.15, 0.2) is 24.3 Å². The van der Waals surface area contributed by atoms with E-state index in [9.17, 15) is 0 Å². The summed E-state index contributed by atoms with van der Waals surface area (Å²) in [4.78, 5) is 0. The number of benzene rings is 1. The molecule has 2 aliphatic heterocycles. The quantitative estimate of drug-likeness (QED) is 0.907. The summed E-state index contributed by atoms with van der Waals surface area (Å²) in [5, 5.41) is 3.77. The zero-order valence-electron chi connectivity index (χ0n) is 11.7. The predicted octanol–water partition coefficient (Wildman–Crippen LogP) is 2.71. The molecule has 3 rings (SSSR count). The van der Waals surface area contributed by atoms with E-state index in [2.05, 4.69) is 36.5 Å². The van der Waals surface area contributed by atoms with Crippen LogP contribution >= 0.6 is 0 Å². The molecule has 0 spiro atoms. The molecule has 1 fully saturated rings. The van der Waals surface area contributed by atoms with Crippen LogP contribution in [0.4, 0.5) is 0 Å². The molecule has 1 N–H and O–H groups in total. The Bertz CT molecular complexity index is 427. The summed E-state index contributed by atoms with van der Waals surface area (Å²) in [6.45, 7) is 5.96. The topological polar surface area (TPSA) is 30.5 Å². The molecule has 3 nitrogen and oxygen atoms in total. The van der Waals surface area contributed by atoms with E-state index in [0.717, 1.165) is 51.4 Å². The molecule has 104 valence electrons. The Kier molecular flexibility index (Phi) is 3.76. The van der Waals surface area contributed by atoms with E-state index in [1.807, 2.05) is 0 Å². The van der Waals surface area contributed by atoms with Crippen LogP contribution in [-0.2, 0) is 4.74 Å². The zero-order valence-corrected chi connectivity index (χ0v) is 11.7. The number of ether oxygens (including phenoxy) is 2. The third kappa shape index (κ3) is 2.93. The Balaban J connectivity index is 1.64. The van der Waals surface area contributed by atoms with Crippen molar-refractivity contribution in [1.82, 2.24) is 5.32 Å². The van der Waals surface area contributed by atoms with Gasteiger partial charge in [0.15, 0.2) is 0 Å². The van der Waals surface area contributed by atoms with E-state index >= 15 is 0 Å². The third-order valence-electron chi connectivity index (χ3n) is 4.45. The van der Waals surface area contributed by atoms with Gasteiger partial charge in [-0.15, -0.1) is 0 Å². The molecule has 1 aromatic rings. The van der Waals surface area contributed by atoms with Crippen LogP contribution < -0.4 is 10.1 Å². The van der Waals surface area contributed by atoms with Gasteiger partial charge in [-0.3, -0.25) is 0 Å². The lowest BCUT2D eigenvalue weighted by Crippen LogP contribution is -2.48. The molecule has 0 amide bonds. The molecule has 0 aromatic heterocycles. The van der Waals surface area contributed by atoms with Gasteiger partial charge < -0.3 is 14.8 Å². The van der Waals surface area contributed by atoms with Gasteiger partial charge in [0.05, 0.1) is 6.61 Å². The maximum atomic E-state index is 5.72. The van der Waals surface area contributed by atoms with Gasteiger partial charge in [0, 0.05) is 31.2 Å². The highest BCUT2D eigenvalue weighted by Crippen LogP contribution is 2.33. The molecule has 1 unspecified atom stereocenters. The second-order valence-electron chi connectivity index (χ2n) is 5.93. The minimum Gasteiger partial charge on any atom is -0.493 e. The van der Waals surface area contributed by atoms with Crippen molar-refractivity contribution in [3.8, 4) is 5.75 Å². The third-order valence-corrected chi connectivity index (χ3v) is 4.45. The normalized spacial score (nSPS) is 25.4. The van der Waals surface area contributed by atoms with Gasteiger partial charge in [0.1, 0.15) is 5.75 Å². The monoisotopic (exact) mass is 261 g/mol. The van der Waals surface area contributed by atoms with Crippen molar-refractivity contribution < 1.29 is 9.47 Å². The molecule has 2 aliphatic rings. The molecule has 0 aliphatic carbocycles. The van der Waals surface area contributed by atoms with Crippen molar-refractivity contribution in [2.45, 2.75) is 37.6 Å². The van der Waals surface area contributed by atoms with Crippen LogP contribution in [0.5, 0.6) is 5.75 Å². The smallest absolute Gasteiger partial charge is 0.122 e. The lowest BCUT2D eigenvalue weighted by molar-refractivity contribution is 0.0443. The van der Waals surface area contributed by atoms with E-state index in [1.165, 1.54) is 5.56 Å². The summed E-state index contributed by atoms with van der Waals surface area (Å²) in [6, 6.07) is 8.44. The Morgan fingerprint density at radius 3 is 2.84 bits per heavy atom. The minimum absolute atomic E-state index is 0.242. The van der Waals surface area contributed by atoms with E-state index in [0.29, 0.717) is 5.92 Å². The fourth-order valence-electron chi connectivity index (χ4n) is 3.00. The second-order valence-corrected chi connectivity index (χ2v) is 5.93. The van der Waals surface area contributed by atoms with Crippen LogP contribution in [0.2, 0.25) is 0 Å². The minimum atomic E-state index is 0.242. The van der Waals surface area contributed by atoms with Gasteiger partial charge in [-0.25, -0.2) is 0 Å². The molecular weight excluding hydrogens is 238 g/mol. The highest BCUT2D eigenvalue weighted by Gasteiger charge is 2.29. The van der Waals surface area contributed by atoms with Gasteiger partial charge in [-0.2, -0.15) is 0 Å². The summed E-state index contributed by atoms with van der Waals surface area (Å²) >= 11 is 0. The molecule has 3 heteroatoms. The lowest BCUT2D eigenvalue weighted by atomic mass is 9.89. The first kappa shape index (κ1) is 12.9. The number of nitrogens with one attached hydrogen (secondary N) is 1. The van der Waals surface area contributed by atoms with Crippen LogP contribution in [-0.4, -0.2) is 31.9 Å². The maximum absolute atomic E-state index is 5.72. The van der Waals surface area contributed by atoms with Gasteiger partial charge >= 0.3 is 0 Å². The van der Waals surface area contributed by atoms with E-state index in [4.69, 9.17) is 9.47 Å². The summed E-state index contributed by atoms with van der Waals surface area (Å²) in [6.07, 6.45) is 3.33. The Morgan fingerprint density at radius 1 is 1.21 bits per heavy atom. The summed E-state index contributed by atoms with van der Waals surface area (Å²) < 4.78 is 11.2. The summed E-state index contributed by atoms with van der Waals surface area (Å²) in [7, 11) is 0. The molecule has 0 bridgehead atoms. The standard InChI is InChI=1S/C16H23NO2/c1-16(7-10-18-11-8-16)17-12-13-6-9-19-15-5-3-2-4-14(13)15/h2-5,13,17H,6-12H2,1H3. The first-order valence-electron chi connectivity index (χ1n) is 7.31. The molecule has 1 atom stereocenters. The molecule has 2 heterocycles. The first-order valence-corrected chi connectivity index (χ1v) is 7.31. The van der Waals surface area contributed by atoms with Crippen molar-refractivity contribution in [3.05, 3.63) is 29.8 Å². The van der Waals surface area contributed by atoms with Crippen molar-refractivity contribution in [2.24, 2.45) is 0 Å². The van der Waals surface area contributed by atoms with Crippen molar-refractivity contribution >= 4 is 0 Å². The number of hydrogen-bond acceptors (Lipinski definition) is 3. The highest BCUT2D eigenvalue weighted by atomic mass is 16.5. The van der Waals surface area contributed by atoms with Crippen LogP contribution in [0.25, 0.3) is 0 Å². The predicted molar refractivity (Wildman–Crippen MR) is 75.8 cm³/mol. The molecule has 0 radical (unpaired) electrons. The van der Waals surface area contributed by atoms with Crippen molar-refractivity contribution in [2.75, 3.05) is 26.4 Å².